The zero-order chi connectivity index (χ0) is 37.4. The van der Waals surface area contributed by atoms with Crippen LogP contribution in [-0.4, -0.2) is 85.8 Å². The van der Waals surface area contributed by atoms with Crippen LogP contribution in [0.2, 0.25) is 0 Å². The van der Waals surface area contributed by atoms with E-state index in [4.69, 9.17) is 5.41 Å². The van der Waals surface area contributed by atoms with E-state index in [9.17, 15) is 35.1 Å². The smallest absolute Gasteiger partial charge is 0.315 e. The number of thioether (sulfide) groups is 1. The third-order valence-corrected chi connectivity index (χ3v) is 11.1. The molecular weight excluding hydrogens is 685 g/mol. The minimum Gasteiger partial charge on any atom is -0.515 e. The number of amidine groups is 2. The van der Waals surface area contributed by atoms with Crippen molar-refractivity contribution in [1.29, 1.82) is 5.41 Å². The van der Waals surface area contributed by atoms with Gasteiger partial charge in [-0.1, -0.05) is 32.8 Å². The number of benzene rings is 2. The van der Waals surface area contributed by atoms with Gasteiger partial charge in [-0.05, 0) is 72.5 Å². The van der Waals surface area contributed by atoms with E-state index in [1.165, 1.54) is 6.07 Å². The van der Waals surface area contributed by atoms with Crippen LogP contribution in [-0.2, 0) is 16.1 Å². The minimum atomic E-state index is -1.14. The molecule has 2 saturated heterocycles. The molecule has 0 spiro atoms. The van der Waals surface area contributed by atoms with Crippen LogP contribution in [0.15, 0.2) is 42.6 Å². The van der Waals surface area contributed by atoms with Crippen molar-refractivity contribution in [2.75, 3.05) is 23.7 Å². The van der Waals surface area contributed by atoms with E-state index in [0.29, 0.717) is 43.3 Å². The van der Waals surface area contributed by atoms with Gasteiger partial charge in [-0.15, -0.1) is 0 Å². The predicted octanol–water partition coefficient (Wildman–Crippen LogP) is 5.01. The highest BCUT2D eigenvalue weighted by Crippen LogP contribution is 2.35. The molecule has 2 unspecified atom stereocenters. The number of carbonyl (C=O) groups excluding carboxylic acids is 3. The number of nitrogens with zero attached hydrogens (tertiary/aromatic N) is 3. The number of aromatic hydroxyl groups is 2. The number of aromatic nitrogens is 1. The maximum atomic E-state index is 12.4. The zero-order valence-corrected chi connectivity index (χ0v) is 30.5. The van der Waals surface area contributed by atoms with E-state index in [1.54, 1.807) is 18.2 Å². The molecule has 2 fully saturated rings. The number of aliphatic hydroxyl groups excluding tert-OH is 1. The highest BCUT2D eigenvalue weighted by Gasteiger charge is 2.42. The summed E-state index contributed by atoms with van der Waals surface area (Å²) in [5.74, 6) is -0.00784. The highest BCUT2D eigenvalue weighted by molar-refractivity contribution is 8.00. The molecule has 15 heteroatoms. The van der Waals surface area contributed by atoms with Gasteiger partial charge in [0.05, 0.1) is 23.9 Å². The van der Waals surface area contributed by atoms with Gasteiger partial charge in [-0.25, -0.2) is 4.79 Å². The molecule has 4 amide bonds. The summed E-state index contributed by atoms with van der Waals surface area (Å²) in [4.78, 5) is 37.1. The fraction of sp³-hybridized carbons (Fsp3) is 0.486. The number of nitrogens with one attached hydrogen (secondary N) is 5. The van der Waals surface area contributed by atoms with Crippen LogP contribution in [0.4, 0.5) is 10.5 Å². The molecule has 3 aromatic rings. The molecule has 2 aliphatic rings. The number of carbonyl (C=O) groups is 3. The van der Waals surface area contributed by atoms with Gasteiger partial charge in [0.25, 0.3) is 0 Å². The van der Waals surface area contributed by atoms with Crippen molar-refractivity contribution in [3.8, 4) is 11.5 Å². The normalized spacial score (nSPS) is 17.8. The van der Waals surface area contributed by atoms with Gasteiger partial charge in [0, 0.05) is 66.8 Å². The maximum absolute atomic E-state index is 12.4. The molecule has 8 N–H and O–H groups in total. The van der Waals surface area contributed by atoms with Crippen LogP contribution >= 0.6 is 11.8 Å². The predicted molar refractivity (Wildman–Crippen MR) is 205 cm³/mol. The first kappa shape index (κ1) is 38.3. The number of phenols is 2. The Morgan fingerprint density at radius 3 is 2.46 bits per heavy atom. The molecular formula is C37H49N8O6S-. The van der Waals surface area contributed by atoms with Crippen molar-refractivity contribution < 1.29 is 29.7 Å². The highest BCUT2D eigenvalue weighted by atomic mass is 32.2. The summed E-state index contributed by atoms with van der Waals surface area (Å²) in [6.45, 7) is 5.25. The topological polar surface area (TPSA) is 214 Å². The summed E-state index contributed by atoms with van der Waals surface area (Å²) in [5, 5.41) is 62.7. The van der Waals surface area contributed by atoms with E-state index >= 15 is 0 Å². The lowest BCUT2D eigenvalue weighted by Crippen LogP contribution is -2.36. The molecule has 2 aromatic carbocycles. The lowest BCUT2D eigenvalue weighted by atomic mass is 9.98. The molecule has 14 nitrogen and oxygen atoms in total. The first-order chi connectivity index (χ1) is 24.9. The molecule has 3 atom stereocenters. The molecule has 5 rings (SSSR count). The number of urea groups is 1. The number of hydrogen-bond donors (Lipinski definition) is 8. The number of unbranched alkanes of at least 4 members (excludes halogenated alkanes) is 3. The molecule has 280 valence electrons. The molecule has 0 aliphatic carbocycles. The molecule has 1 aromatic heterocycles. The zero-order valence-electron chi connectivity index (χ0n) is 29.7. The number of fused-ring (bicyclic) bond motifs is 2. The Kier molecular flexibility index (Phi) is 12.9. The summed E-state index contributed by atoms with van der Waals surface area (Å²) < 4.78 is 1.97. The number of rotatable bonds is 17. The van der Waals surface area contributed by atoms with Gasteiger partial charge in [-0.3, -0.25) is 9.59 Å². The molecule has 3 heterocycles. The molecule has 0 saturated carbocycles. The summed E-state index contributed by atoms with van der Waals surface area (Å²) in [6.07, 6.45) is 7.90. The van der Waals surface area contributed by atoms with E-state index in [0.717, 1.165) is 66.1 Å². The van der Waals surface area contributed by atoms with Crippen molar-refractivity contribution >= 4 is 58.1 Å². The Balaban J connectivity index is 0.983. The van der Waals surface area contributed by atoms with Crippen molar-refractivity contribution in [2.45, 2.75) is 95.0 Å². The number of phenolic OH excluding ortho intramolecular Hbond substituents is 2. The number of aliphatic hydroxyl groups is 1. The van der Waals surface area contributed by atoms with Crippen molar-refractivity contribution in [3.05, 3.63) is 59.1 Å². The summed E-state index contributed by atoms with van der Waals surface area (Å²) in [7, 11) is 0. The van der Waals surface area contributed by atoms with Crippen LogP contribution in [0.5, 0.6) is 11.5 Å². The van der Waals surface area contributed by atoms with E-state index in [1.807, 2.05) is 42.4 Å². The summed E-state index contributed by atoms with van der Waals surface area (Å²) >= 11 is 1.89. The van der Waals surface area contributed by atoms with Crippen LogP contribution in [0, 0.1) is 5.41 Å². The van der Waals surface area contributed by atoms with Crippen LogP contribution in [0.3, 0.4) is 0 Å². The van der Waals surface area contributed by atoms with Crippen LogP contribution in [0.1, 0.15) is 82.3 Å². The monoisotopic (exact) mass is 733 g/mol. The van der Waals surface area contributed by atoms with Crippen LogP contribution < -0.4 is 26.2 Å². The molecule has 0 bridgehead atoms. The lowest BCUT2D eigenvalue weighted by Gasteiger charge is -2.32. The van der Waals surface area contributed by atoms with E-state index < -0.39 is 6.02 Å². The standard InChI is InChI=1S/C37H49N8O6S/c1-22(2)25-19-26(30(47)20-29(25)46)35(38)45(36(39)50)24-11-12-28-23(18-24)13-16-44(28)17-15-41-33(49)9-4-3-7-14-40-32(48)10-6-5-8-31-34-27(21-52-31)42-37(51)43-34/h11-13,16,18-20,22,27,31,34H,3-10,14-15,17,21H2,1-2H3,(H8-,38,39,40,41,42,43,46,47,48,49,50,51)/q-1/t27?,31-,34?/m1/s1. The average molecular weight is 734 g/mol. The molecule has 52 heavy (non-hydrogen) atoms. The van der Waals surface area contributed by atoms with Crippen molar-refractivity contribution in [3.63, 3.8) is 0 Å². The Bertz CT molecular complexity index is 1790. The summed E-state index contributed by atoms with van der Waals surface area (Å²) in [5.41, 5.74) is 1.67. The maximum Gasteiger partial charge on any atom is 0.315 e. The SMILES string of the molecule is CC(C)c1cc(C(=N)N(C(=[N-])O)c2ccc3c(ccn3CCNC(=O)CCCCCNC(=O)CCCC[C@H]3SCC4NC(=O)NC43)c2)c(O)cc1O. The molecule has 0 radical (unpaired) electrons. The van der Waals surface area contributed by atoms with Gasteiger partial charge in [0.1, 0.15) is 11.5 Å². The third-order valence-electron chi connectivity index (χ3n) is 9.62. The largest absolute Gasteiger partial charge is 0.515 e. The van der Waals surface area contributed by atoms with Gasteiger partial charge in [0.15, 0.2) is 0 Å². The number of amides is 4. The Morgan fingerprint density at radius 2 is 1.73 bits per heavy atom. The Hall–Kier alpha value is -4.92. The van der Waals surface area contributed by atoms with E-state index in [-0.39, 0.29) is 64.4 Å². The molecule has 2 aliphatic heterocycles. The Labute approximate surface area is 307 Å². The fourth-order valence-corrected chi connectivity index (χ4v) is 8.36. The van der Waals surface area contributed by atoms with Gasteiger partial charge >= 0.3 is 6.03 Å². The first-order valence-electron chi connectivity index (χ1n) is 17.9. The quantitative estimate of drug-likeness (QED) is 0.0408. The summed E-state index contributed by atoms with van der Waals surface area (Å²) in [6, 6.07) is 8.76. The van der Waals surface area contributed by atoms with Gasteiger partial charge in [0.2, 0.25) is 11.8 Å². The third kappa shape index (κ3) is 9.49. The lowest BCUT2D eigenvalue weighted by molar-refractivity contribution is -0.122. The van der Waals surface area contributed by atoms with Gasteiger partial charge < -0.3 is 56.9 Å². The number of hydrogen-bond acceptors (Lipinski definition) is 7. The van der Waals surface area contributed by atoms with Crippen LogP contribution in [0.25, 0.3) is 16.3 Å². The second-order valence-electron chi connectivity index (χ2n) is 13.7. The van der Waals surface area contributed by atoms with Crippen molar-refractivity contribution in [1.82, 2.24) is 25.8 Å². The fourth-order valence-electron chi connectivity index (χ4n) is 6.81. The second kappa shape index (κ2) is 17.5. The average Bonchev–Trinajstić information content (AvgIpc) is 3.78. The minimum absolute atomic E-state index is 0.0255. The number of anilines is 1. The van der Waals surface area contributed by atoms with Gasteiger partial charge in [-0.2, -0.15) is 11.8 Å². The first-order valence-corrected chi connectivity index (χ1v) is 19.0. The Morgan fingerprint density at radius 1 is 1.00 bits per heavy atom. The van der Waals surface area contributed by atoms with E-state index in [2.05, 4.69) is 21.3 Å². The van der Waals surface area contributed by atoms with Crippen molar-refractivity contribution in [2.24, 2.45) is 0 Å². The second-order valence-corrected chi connectivity index (χ2v) is 15.0.